The Morgan fingerprint density at radius 2 is 2.07 bits per heavy atom. The van der Waals surface area contributed by atoms with Crippen molar-refractivity contribution in [2.75, 3.05) is 13.6 Å². The van der Waals surface area contributed by atoms with Gasteiger partial charge in [-0.05, 0) is 58.1 Å². The van der Waals surface area contributed by atoms with Gasteiger partial charge in [-0.25, -0.2) is 4.79 Å². The minimum absolute atomic E-state index is 0.0377. The summed E-state index contributed by atoms with van der Waals surface area (Å²) in [6.45, 7) is 3.02. The summed E-state index contributed by atoms with van der Waals surface area (Å²) in [5.41, 5.74) is 1.56. The standard InChI is InChI=1S/C21H25F3N2O2/c1-12(15-10-20(9-8-16(15)20)25(3)11-21(22,23)24)26-13(2)18(19(27)28)14-6-4-5-7-17(14)26/h4-7,12,15-16H,8-11H2,1-3H3,(H,27,28)/t12-,15?,16?,20?/m1/s1. The second-order valence-corrected chi connectivity index (χ2v) is 8.48. The fourth-order valence-corrected chi connectivity index (χ4v) is 5.84. The molecule has 0 radical (unpaired) electrons. The van der Waals surface area contributed by atoms with E-state index >= 15 is 0 Å². The maximum absolute atomic E-state index is 12.9. The summed E-state index contributed by atoms with van der Waals surface area (Å²) in [7, 11) is 1.58. The monoisotopic (exact) mass is 394 g/mol. The van der Waals surface area contributed by atoms with Gasteiger partial charge in [-0.3, -0.25) is 4.90 Å². The lowest BCUT2D eigenvalue weighted by Gasteiger charge is -2.68. The Morgan fingerprint density at radius 3 is 2.61 bits per heavy atom. The van der Waals surface area contributed by atoms with Crippen LogP contribution in [0.2, 0.25) is 0 Å². The normalized spacial score (nSPS) is 28.0. The van der Waals surface area contributed by atoms with E-state index in [1.54, 1.807) is 7.05 Å². The fourth-order valence-electron chi connectivity index (χ4n) is 5.84. The Labute approximate surface area is 161 Å². The zero-order chi connectivity index (χ0) is 20.4. The highest BCUT2D eigenvalue weighted by molar-refractivity contribution is 6.05. The molecule has 1 aromatic heterocycles. The van der Waals surface area contributed by atoms with Crippen LogP contribution in [-0.2, 0) is 0 Å². The van der Waals surface area contributed by atoms with Crippen molar-refractivity contribution in [2.45, 2.75) is 50.9 Å². The molecule has 7 heteroatoms. The second kappa shape index (κ2) is 6.24. The van der Waals surface area contributed by atoms with Gasteiger partial charge in [0.25, 0.3) is 0 Å². The van der Waals surface area contributed by atoms with E-state index in [0.29, 0.717) is 16.6 Å². The molecule has 4 atom stereocenters. The summed E-state index contributed by atoms with van der Waals surface area (Å²) in [6, 6.07) is 7.50. The molecule has 1 heterocycles. The van der Waals surface area contributed by atoms with Crippen molar-refractivity contribution in [2.24, 2.45) is 11.8 Å². The molecule has 4 rings (SSSR count). The third-order valence-electron chi connectivity index (χ3n) is 7.26. The fraction of sp³-hybridized carbons (Fsp3) is 0.571. The summed E-state index contributed by atoms with van der Waals surface area (Å²) in [6.07, 6.45) is -1.73. The molecule has 28 heavy (non-hydrogen) atoms. The molecule has 2 aliphatic rings. The van der Waals surface area contributed by atoms with Crippen LogP contribution in [0.25, 0.3) is 10.9 Å². The summed E-state index contributed by atoms with van der Waals surface area (Å²) in [5, 5.41) is 10.4. The second-order valence-electron chi connectivity index (χ2n) is 8.48. The smallest absolute Gasteiger partial charge is 0.401 e. The van der Waals surface area contributed by atoms with Crippen molar-refractivity contribution < 1.29 is 23.1 Å². The van der Waals surface area contributed by atoms with E-state index in [4.69, 9.17) is 0 Å². The average Bonchev–Trinajstić information content (AvgIpc) is 2.86. The summed E-state index contributed by atoms with van der Waals surface area (Å²) in [4.78, 5) is 13.3. The number of alkyl halides is 3. The highest BCUT2D eigenvalue weighted by Gasteiger charge is 2.63. The van der Waals surface area contributed by atoms with Gasteiger partial charge in [-0.2, -0.15) is 13.2 Å². The molecule has 2 fully saturated rings. The molecular formula is C21H25F3N2O2. The number of fused-ring (bicyclic) bond motifs is 2. The number of para-hydroxylation sites is 1. The van der Waals surface area contributed by atoms with Crippen LogP contribution in [0, 0.1) is 18.8 Å². The topological polar surface area (TPSA) is 45.5 Å². The van der Waals surface area contributed by atoms with E-state index in [9.17, 15) is 23.1 Å². The molecule has 2 aliphatic carbocycles. The zero-order valence-electron chi connectivity index (χ0n) is 16.3. The van der Waals surface area contributed by atoms with Gasteiger partial charge in [-0.1, -0.05) is 18.2 Å². The van der Waals surface area contributed by atoms with Crippen molar-refractivity contribution in [1.82, 2.24) is 9.47 Å². The Balaban J connectivity index is 1.63. The van der Waals surface area contributed by atoms with E-state index < -0.39 is 18.7 Å². The minimum Gasteiger partial charge on any atom is -0.478 e. The number of hydrogen-bond acceptors (Lipinski definition) is 2. The number of carboxylic acid groups (broad SMARTS) is 1. The first-order valence-electron chi connectivity index (χ1n) is 9.67. The van der Waals surface area contributed by atoms with Crippen LogP contribution in [0.15, 0.2) is 24.3 Å². The number of aromatic nitrogens is 1. The lowest BCUT2D eigenvalue weighted by atomic mass is 9.45. The maximum atomic E-state index is 12.9. The Hall–Kier alpha value is -2.02. The third kappa shape index (κ3) is 2.66. The molecule has 2 saturated carbocycles. The van der Waals surface area contributed by atoms with Gasteiger partial charge in [-0.15, -0.1) is 0 Å². The first-order chi connectivity index (χ1) is 13.1. The molecule has 1 aromatic carbocycles. The summed E-state index contributed by atoms with van der Waals surface area (Å²) < 4.78 is 40.7. The molecule has 1 N–H and O–H groups in total. The van der Waals surface area contributed by atoms with Crippen LogP contribution in [0.5, 0.6) is 0 Å². The van der Waals surface area contributed by atoms with Gasteiger partial charge in [0, 0.05) is 28.2 Å². The van der Waals surface area contributed by atoms with E-state index in [1.165, 1.54) is 4.90 Å². The van der Waals surface area contributed by atoms with Gasteiger partial charge in [0.1, 0.15) is 0 Å². The number of nitrogens with zero attached hydrogens (tertiary/aromatic N) is 2. The highest BCUT2D eigenvalue weighted by Crippen LogP contribution is 2.63. The lowest BCUT2D eigenvalue weighted by Crippen LogP contribution is -2.71. The van der Waals surface area contributed by atoms with Gasteiger partial charge in [0.2, 0.25) is 0 Å². The van der Waals surface area contributed by atoms with Crippen molar-refractivity contribution in [1.29, 1.82) is 0 Å². The van der Waals surface area contributed by atoms with Gasteiger partial charge < -0.3 is 9.67 Å². The number of halogens is 3. The Morgan fingerprint density at radius 1 is 1.39 bits per heavy atom. The van der Waals surface area contributed by atoms with Crippen LogP contribution in [-0.4, -0.2) is 45.9 Å². The molecular weight excluding hydrogens is 369 g/mol. The van der Waals surface area contributed by atoms with Gasteiger partial charge >= 0.3 is 12.1 Å². The molecule has 0 spiro atoms. The number of rotatable bonds is 5. The Bertz CT molecular complexity index is 936. The van der Waals surface area contributed by atoms with Crippen LogP contribution in [0.1, 0.15) is 48.3 Å². The number of carboxylic acids is 1. The molecule has 0 bridgehead atoms. The highest BCUT2D eigenvalue weighted by atomic mass is 19.4. The molecule has 152 valence electrons. The summed E-state index contributed by atoms with van der Waals surface area (Å²) in [5.74, 6) is -0.472. The van der Waals surface area contributed by atoms with E-state index in [2.05, 4.69) is 11.5 Å². The van der Waals surface area contributed by atoms with Crippen molar-refractivity contribution in [3.63, 3.8) is 0 Å². The SMILES string of the molecule is Cc1c(C(=O)O)c2ccccc2n1[C@H](C)C1CC2(N(C)CC(F)(F)F)CCC12. The van der Waals surface area contributed by atoms with Crippen molar-refractivity contribution in [3.8, 4) is 0 Å². The molecule has 4 nitrogen and oxygen atoms in total. The number of benzene rings is 1. The first kappa shape index (κ1) is 19.3. The number of carbonyl (C=O) groups is 1. The molecule has 0 amide bonds. The van der Waals surface area contributed by atoms with Gasteiger partial charge in [0.15, 0.2) is 0 Å². The quantitative estimate of drug-likeness (QED) is 0.787. The van der Waals surface area contributed by atoms with E-state index in [-0.39, 0.29) is 23.4 Å². The lowest BCUT2D eigenvalue weighted by molar-refractivity contribution is -0.214. The zero-order valence-corrected chi connectivity index (χ0v) is 16.3. The van der Waals surface area contributed by atoms with Crippen LogP contribution in [0.3, 0.4) is 0 Å². The predicted molar refractivity (Wildman–Crippen MR) is 101 cm³/mol. The van der Waals surface area contributed by atoms with Crippen LogP contribution >= 0.6 is 0 Å². The molecule has 0 aliphatic heterocycles. The Kier molecular flexibility index (Phi) is 4.30. The largest absolute Gasteiger partial charge is 0.478 e. The van der Waals surface area contributed by atoms with Gasteiger partial charge in [0.05, 0.1) is 12.1 Å². The van der Waals surface area contributed by atoms with Crippen molar-refractivity contribution in [3.05, 3.63) is 35.5 Å². The predicted octanol–water partition coefficient (Wildman–Crippen LogP) is 4.87. The van der Waals surface area contributed by atoms with Crippen molar-refractivity contribution >= 4 is 16.9 Å². The summed E-state index contributed by atoms with van der Waals surface area (Å²) >= 11 is 0. The third-order valence-corrected chi connectivity index (χ3v) is 7.26. The average molecular weight is 394 g/mol. The van der Waals surface area contributed by atoms with E-state index in [1.807, 2.05) is 31.2 Å². The van der Waals surface area contributed by atoms with E-state index in [0.717, 1.165) is 24.8 Å². The minimum atomic E-state index is -4.19. The number of aromatic carboxylic acids is 1. The maximum Gasteiger partial charge on any atom is 0.401 e. The van der Waals surface area contributed by atoms with Crippen LogP contribution in [0.4, 0.5) is 13.2 Å². The number of hydrogen-bond donors (Lipinski definition) is 1. The molecule has 2 aromatic rings. The first-order valence-corrected chi connectivity index (χ1v) is 9.67. The molecule has 3 unspecified atom stereocenters. The van der Waals surface area contributed by atoms with Crippen LogP contribution < -0.4 is 0 Å². The molecule has 0 saturated heterocycles.